The van der Waals surface area contributed by atoms with Crippen molar-refractivity contribution in [1.82, 2.24) is 15.1 Å². The van der Waals surface area contributed by atoms with Gasteiger partial charge in [-0.2, -0.15) is 5.10 Å². The Morgan fingerprint density at radius 1 is 1.25 bits per heavy atom. The van der Waals surface area contributed by atoms with Crippen molar-refractivity contribution in [3.63, 3.8) is 0 Å². The average Bonchev–Trinajstić information content (AvgIpc) is 2.97. The molecule has 1 N–H and O–H groups in total. The molecule has 0 atom stereocenters. The lowest BCUT2D eigenvalue weighted by Crippen LogP contribution is -2.35. The summed E-state index contributed by atoms with van der Waals surface area (Å²) in [6.45, 7) is 0.824. The van der Waals surface area contributed by atoms with Gasteiger partial charge in [0.25, 0.3) is 0 Å². The van der Waals surface area contributed by atoms with Crippen LogP contribution in [-0.4, -0.2) is 31.5 Å². The lowest BCUT2D eigenvalue weighted by molar-refractivity contribution is 0.475. The van der Waals surface area contributed by atoms with E-state index in [-0.39, 0.29) is 0 Å². The number of para-hydroxylation sites is 1. The molecule has 5 heteroatoms. The Labute approximate surface area is 121 Å². The van der Waals surface area contributed by atoms with Gasteiger partial charge in [0.15, 0.2) is 0 Å². The highest BCUT2D eigenvalue weighted by atomic mass is 32.2. The van der Waals surface area contributed by atoms with Crippen LogP contribution in [0.2, 0.25) is 0 Å². The summed E-state index contributed by atoms with van der Waals surface area (Å²) in [4.78, 5) is 0. The Morgan fingerprint density at radius 3 is 2.75 bits per heavy atom. The van der Waals surface area contributed by atoms with Gasteiger partial charge in [-0.1, -0.05) is 18.2 Å². The smallest absolute Gasteiger partial charge is 0.0645 e. The summed E-state index contributed by atoms with van der Waals surface area (Å²) < 4.78 is 13.2. The number of hydrogen-bond acceptors (Lipinski definition) is 3. The van der Waals surface area contributed by atoms with Crippen molar-refractivity contribution < 1.29 is 4.21 Å². The minimum atomic E-state index is -0.586. The first-order valence-electron chi connectivity index (χ1n) is 6.98. The van der Waals surface area contributed by atoms with Crippen LogP contribution in [0, 0.1) is 0 Å². The number of aromatic nitrogens is 2. The minimum Gasteiger partial charge on any atom is -0.310 e. The summed E-state index contributed by atoms with van der Waals surface area (Å²) >= 11 is 0. The fourth-order valence-electron chi connectivity index (χ4n) is 2.43. The standard InChI is InChI=1S/C15H19N3OS/c19-20-8-6-14(7-9-20)16-10-13-11-17-18(12-13)15-4-2-1-3-5-15/h1-5,11-12,14,16H,6-10H2. The summed E-state index contributed by atoms with van der Waals surface area (Å²) in [5.41, 5.74) is 2.26. The van der Waals surface area contributed by atoms with Crippen molar-refractivity contribution in [3.8, 4) is 5.69 Å². The molecule has 0 unspecified atom stereocenters. The first-order valence-corrected chi connectivity index (χ1v) is 8.47. The van der Waals surface area contributed by atoms with Crippen LogP contribution < -0.4 is 5.32 Å². The molecule has 1 aliphatic rings. The molecule has 0 aliphatic carbocycles. The van der Waals surface area contributed by atoms with E-state index in [0.717, 1.165) is 36.6 Å². The third-order valence-electron chi connectivity index (χ3n) is 3.64. The van der Waals surface area contributed by atoms with Crippen LogP contribution in [0.25, 0.3) is 5.69 Å². The summed E-state index contributed by atoms with van der Waals surface area (Å²) in [5.74, 6) is 1.67. The number of rotatable bonds is 4. The second kappa shape index (κ2) is 6.33. The maximum Gasteiger partial charge on any atom is 0.0645 e. The molecule has 1 saturated heterocycles. The van der Waals surface area contributed by atoms with Crippen LogP contribution in [0.3, 0.4) is 0 Å². The van der Waals surface area contributed by atoms with Crippen molar-refractivity contribution >= 4 is 10.8 Å². The maximum absolute atomic E-state index is 11.3. The molecule has 0 spiro atoms. The molecule has 4 nitrogen and oxygen atoms in total. The highest BCUT2D eigenvalue weighted by molar-refractivity contribution is 7.85. The van der Waals surface area contributed by atoms with E-state index in [2.05, 4.69) is 16.6 Å². The Morgan fingerprint density at radius 2 is 2.00 bits per heavy atom. The van der Waals surface area contributed by atoms with Gasteiger partial charge in [-0.05, 0) is 25.0 Å². The molecular weight excluding hydrogens is 270 g/mol. The molecule has 1 aromatic carbocycles. The molecule has 1 fully saturated rings. The Kier molecular flexibility index (Phi) is 4.28. The lowest BCUT2D eigenvalue weighted by Gasteiger charge is -2.22. The van der Waals surface area contributed by atoms with Gasteiger partial charge >= 0.3 is 0 Å². The van der Waals surface area contributed by atoms with E-state index in [1.54, 1.807) is 0 Å². The maximum atomic E-state index is 11.3. The molecule has 1 aromatic heterocycles. The molecule has 0 saturated carbocycles. The van der Waals surface area contributed by atoms with Gasteiger partial charge in [0.05, 0.1) is 11.9 Å². The van der Waals surface area contributed by atoms with Crippen molar-refractivity contribution in [3.05, 3.63) is 48.3 Å². The Balaban J connectivity index is 1.57. The van der Waals surface area contributed by atoms with Crippen molar-refractivity contribution in [2.45, 2.75) is 25.4 Å². The first kappa shape index (κ1) is 13.5. The third-order valence-corrected chi connectivity index (χ3v) is 5.02. The molecule has 0 radical (unpaired) electrons. The van der Waals surface area contributed by atoms with E-state index in [1.165, 1.54) is 5.56 Å². The van der Waals surface area contributed by atoms with Crippen LogP contribution in [0.4, 0.5) is 0 Å². The van der Waals surface area contributed by atoms with E-state index in [0.29, 0.717) is 6.04 Å². The quantitative estimate of drug-likeness (QED) is 0.935. The highest BCUT2D eigenvalue weighted by Gasteiger charge is 2.17. The van der Waals surface area contributed by atoms with Gasteiger partial charge in [0.1, 0.15) is 0 Å². The van der Waals surface area contributed by atoms with E-state index in [4.69, 9.17) is 0 Å². The van der Waals surface area contributed by atoms with Crippen LogP contribution >= 0.6 is 0 Å². The largest absolute Gasteiger partial charge is 0.310 e. The number of nitrogens with zero attached hydrogens (tertiary/aromatic N) is 2. The summed E-state index contributed by atoms with van der Waals surface area (Å²) in [5, 5.41) is 7.93. The Hall–Kier alpha value is -1.46. The Bertz CT molecular complexity index is 572. The highest BCUT2D eigenvalue weighted by Crippen LogP contribution is 2.11. The van der Waals surface area contributed by atoms with Crippen LogP contribution in [0.15, 0.2) is 42.7 Å². The zero-order valence-electron chi connectivity index (χ0n) is 11.4. The molecule has 106 valence electrons. The zero-order valence-corrected chi connectivity index (χ0v) is 12.2. The van der Waals surface area contributed by atoms with Crippen LogP contribution in [0.1, 0.15) is 18.4 Å². The van der Waals surface area contributed by atoms with Gasteiger partial charge in [-0.15, -0.1) is 0 Å². The van der Waals surface area contributed by atoms with Crippen LogP contribution in [-0.2, 0) is 17.3 Å². The van der Waals surface area contributed by atoms with Crippen LogP contribution in [0.5, 0.6) is 0 Å². The predicted molar refractivity (Wildman–Crippen MR) is 81.3 cm³/mol. The normalized spacial score (nSPS) is 22.8. The molecule has 3 rings (SSSR count). The van der Waals surface area contributed by atoms with Crippen molar-refractivity contribution in [2.24, 2.45) is 0 Å². The minimum absolute atomic E-state index is 0.493. The second-order valence-electron chi connectivity index (χ2n) is 5.13. The molecule has 2 heterocycles. The first-order chi connectivity index (χ1) is 9.81. The molecule has 2 aromatic rings. The van der Waals surface area contributed by atoms with E-state index in [9.17, 15) is 4.21 Å². The third kappa shape index (κ3) is 3.35. The topological polar surface area (TPSA) is 46.9 Å². The van der Waals surface area contributed by atoms with Gasteiger partial charge in [-0.3, -0.25) is 4.21 Å². The van der Waals surface area contributed by atoms with Gasteiger partial charge in [0, 0.05) is 46.7 Å². The molecule has 20 heavy (non-hydrogen) atoms. The summed E-state index contributed by atoms with van der Waals surface area (Å²) in [6.07, 6.45) is 5.99. The van der Waals surface area contributed by atoms with Gasteiger partial charge in [-0.25, -0.2) is 4.68 Å². The summed E-state index contributed by atoms with van der Waals surface area (Å²) in [7, 11) is -0.586. The van der Waals surface area contributed by atoms with Crippen molar-refractivity contribution in [2.75, 3.05) is 11.5 Å². The fourth-order valence-corrected chi connectivity index (χ4v) is 3.73. The second-order valence-corrected chi connectivity index (χ2v) is 6.83. The SMILES string of the molecule is O=S1CCC(NCc2cnn(-c3ccccc3)c2)CC1. The number of hydrogen-bond donors (Lipinski definition) is 1. The fraction of sp³-hybridized carbons (Fsp3) is 0.400. The molecule has 0 bridgehead atoms. The predicted octanol–water partition coefficient (Wildman–Crippen LogP) is 1.87. The zero-order chi connectivity index (χ0) is 13.8. The van der Waals surface area contributed by atoms with Gasteiger partial charge < -0.3 is 5.32 Å². The molecular formula is C15H19N3OS. The summed E-state index contributed by atoms with van der Waals surface area (Å²) in [6, 6.07) is 10.6. The number of nitrogens with one attached hydrogen (secondary N) is 1. The molecule has 0 amide bonds. The van der Waals surface area contributed by atoms with E-state index >= 15 is 0 Å². The number of benzene rings is 1. The van der Waals surface area contributed by atoms with Gasteiger partial charge in [0.2, 0.25) is 0 Å². The van der Waals surface area contributed by atoms with Crippen molar-refractivity contribution in [1.29, 1.82) is 0 Å². The average molecular weight is 289 g/mol. The monoisotopic (exact) mass is 289 g/mol. The lowest BCUT2D eigenvalue weighted by atomic mass is 10.1. The van der Waals surface area contributed by atoms with E-state index < -0.39 is 10.8 Å². The molecule has 1 aliphatic heterocycles. The van der Waals surface area contributed by atoms with E-state index in [1.807, 2.05) is 41.2 Å².